The van der Waals surface area contributed by atoms with Gasteiger partial charge in [0.15, 0.2) is 0 Å². The Balaban J connectivity index is 1.62. The highest BCUT2D eigenvalue weighted by Gasteiger charge is 2.24. The first-order chi connectivity index (χ1) is 18.1. The summed E-state index contributed by atoms with van der Waals surface area (Å²) in [7, 11) is 0. The van der Waals surface area contributed by atoms with E-state index in [4.69, 9.17) is 9.72 Å². The lowest BCUT2D eigenvalue weighted by Crippen LogP contribution is -2.12. The maximum atomic E-state index is 10.5. The first-order valence-corrected chi connectivity index (χ1v) is 12.9. The fourth-order valence-corrected chi connectivity index (χ4v) is 5.42. The summed E-state index contributed by atoms with van der Waals surface area (Å²) in [5, 5.41) is 13.8. The number of aryl methyl sites for hydroxylation is 3. The summed E-state index contributed by atoms with van der Waals surface area (Å²) in [5.74, 6) is 2.16. The van der Waals surface area contributed by atoms with Gasteiger partial charge in [-0.3, -0.25) is 4.57 Å². The molecule has 38 heavy (non-hydrogen) atoms. The van der Waals surface area contributed by atoms with Crippen LogP contribution >= 0.6 is 0 Å². The van der Waals surface area contributed by atoms with Gasteiger partial charge in [0.2, 0.25) is 5.88 Å². The molecule has 6 aromatic rings. The third-order valence-corrected chi connectivity index (χ3v) is 6.98. The summed E-state index contributed by atoms with van der Waals surface area (Å²) >= 11 is 0. The number of rotatable bonds is 3. The van der Waals surface area contributed by atoms with E-state index >= 15 is 0 Å². The molecule has 3 aromatic heterocycles. The van der Waals surface area contributed by atoms with Crippen molar-refractivity contribution in [1.82, 2.24) is 14.5 Å². The molecule has 190 valence electrons. The van der Waals surface area contributed by atoms with Gasteiger partial charge in [-0.15, -0.1) is 0 Å². The molecule has 5 heteroatoms. The molecule has 0 atom stereocenters. The van der Waals surface area contributed by atoms with Gasteiger partial charge in [-0.1, -0.05) is 39.0 Å². The van der Waals surface area contributed by atoms with E-state index in [0.717, 1.165) is 39.1 Å². The van der Waals surface area contributed by atoms with Crippen molar-refractivity contribution < 1.29 is 9.84 Å². The van der Waals surface area contributed by atoms with Crippen LogP contribution in [0.2, 0.25) is 0 Å². The summed E-state index contributed by atoms with van der Waals surface area (Å²) < 4.78 is 8.63. The summed E-state index contributed by atoms with van der Waals surface area (Å²) in [6.07, 6.45) is 0. The van der Waals surface area contributed by atoms with Crippen LogP contribution in [0.5, 0.6) is 17.4 Å². The molecule has 0 spiro atoms. The van der Waals surface area contributed by atoms with Crippen LogP contribution in [0, 0.1) is 20.8 Å². The number of nitrogens with zero attached hydrogens (tertiary/aromatic N) is 3. The summed E-state index contributed by atoms with van der Waals surface area (Å²) in [6, 6.07) is 24.4. The number of ether oxygens (including phenoxy) is 1. The number of hydrogen-bond acceptors (Lipinski definition) is 4. The molecule has 0 amide bonds. The van der Waals surface area contributed by atoms with Crippen molar-refractivity contribution in [3.8, 4) is 23.2 Å². The number of phenolic OH excluding ortho intramolecular Hbond substituents is 1. The molecule has 3 aromatic carbocycles. The van der Waals surface area contributed by atoms with Crippen molar-refractivity contribution in [3.63, 3.8) is 0 Å². The van der Waals surface area contributed by atoms with Crippen molar-refractivity contribution in [2.45, 2.75) is 47.0 Å². The van der Waals surface area contributed by atoms with E-state index in [1.54, 1.807) is 6.07 Å². The second-order valence-corrected chi connectivity index (χ2v) is 11.2. The fourth-order valence-electron chi connectivity index (χ4n) is 5.42. The van der Waals surface area contributed by atoms with Gasteiger partial charge in [0.25, 0.3) is 0 Å². The predicted molar refractivity (Wildman–Crippen MR) is 155 cm³/mol. The van der Waals surface area contributed by atoms with E-state index < -0.39 is 0 Å². The van der Waals surface area contributed by atoms with Crippen molar-refractivity contribution in [2.75, 3.05) is 0 Å². The third kappa shape index (κ3) is 4.04. The third-order valence-electron chi connectivity index (χ3n) is 6.98. The number of phenols is 1. The van der Waals surface area contributed by atoms with Crippen molar-refractivity contribution >= 4 is 32.7 Å². The maximum absolute atomic E-state index is 10.5. The Morgan fingerprint density at radius 3 is 2.32 bits per heavy atom. The van der Waals surface area contributed by atoms with Crippen molar-refractivity contribution in [3.05, 3.63) is 95.2 Å². The highest BCUT2D eigenvalue weighted by atomic mass is 16.5. The highest BCUT2D eigenvalue weighted by molar-refractivity contribution is 6.11. The largest absolute Gasteiger partial charge is 0.506 e. The van der Waals surface area contributed by atoms with Crippen LogP contribution in [0.25, 0.3) is 38.5 Å². The number of para-hydroxylation sites is 1. The van der Waals surface area contributed by atoms with Crippen molar-refractivity contribution in [1.29, 1.82) is 0 Å². The minimum absolute atomic E-state index is 0.144. The maximum Gasteiger partial charge on any atom is 0.219 e. The SMILES string of the molecule is Cc1cc(C)nc(-n2c3ccccc3c3c(C(C)(C)C)cc(Oc4ccc5cc(C)cc(O)c5n4)cc32)c1. The van der Waals surface area contributed by atoms with Gasteiger partial charge in [-0.2, -0.15) is 0 Å². The lowest BCUT2D eigenvalue weighted by atomic mass is 9.84. The lowest BCUT2D eigenvalue weighted by Gasteiger charge is -2.22. The van der Waals surface area contributed by atoms with E-state index in [1.165, 1.54) is 16.3 Å². The fraction of sp³-hybridized carbons (Fsp3) is 0.212. The Bertz CT molecular complexity index is 1860. The zero-order valence-electron chi connectivity index (χ0n) is 22.6. The molecule has 0 bridgehead atoms. The van der Waals surface area contributed by atoms with Crippen LogP contribution in [0.1, 0.15) is 43.2 Å². The minimum Gasteiger partial charge on any atom is -0.506 e. The van der Waals surface area contributed by atoms with Gasteiger partial charge in [-0.25, -0.2) is 9.97 Å². The number of benzene rings is 3. The predicted octanol–water partition coefficient (Wildman–Crippen LogP) is 8.45. The van der Waals surface area contributed by atoms with Crippen LogP contribution < -0.4 is 4.74 Å². The number of fused-ring (bicyclic) bond motifs is 4. The molecular weight excluding hydrogens is 470 g/mol. The molecule has 0 fully saturated rings. The van der Waals surface area contributed by atoms with E-state index in [1.807, 2.05) is 32.0 Å². The molecular formula is C33H31N3O2. The monoisotopic (exact) mass is 501 g/mol. The molecule has 1 N–H and O–H groups in total. The number of aromatic nitrogens is 3. The van der Waals surface area contributed by atoms with E-state index in [0.29, 0.717) is 17.1 Å². The first-order valence-electron chi connectivity index (χ1n) is 12.9. The molecule has 3 heterocycles. The molecule has 6 rings (SSSR count). The zero-order chi connectivity index (χ0) is 26.8. The van der Waals surface area contributed by atoms with E-state index in [2.05, 4.69) is 85.8 Å². The van der Waals surface area contributed by atoms with Crippen LogP contribution in [0.15, 0.2) is 72.8 Å². The molecule has 0 saturated carbocycles. The first kappa shape index (κ1) is 24.0. The second kappa shape index (κ2) is 8.59. The van der Waals surface area contributed by atoms with Gasteiger partial charge in [0.05, 0.1) is 11.0 Å². The quantitative estimate of drug-likeness (QED) is 0.264. The Labute approximate surface area is 222 Å². The number of pyridine rings is 2. The minimum atomic E-state index is -0.144. The standard InChI is InChI=1S/C33H31N3O2/c1-19-13-21(3)34-29(16-19)36-26-10-8-7-9-24(26)31-25(33(4,5)6)17-23(18-27(31)36)38-30-12-11-22-14-20(2)15-28(37)32(22)35-30/h7-18,37H,1-6H3. The molecule has 0 aliphatic carbocycles. The van der Waals surface area contributed by atoms with Crippen LogP contribution in [0.3, 0.4) is 0 Å². The Kier molecular flexibility index (Phi) is 5.42. The average molecular weight is 502 g/mol. The van der Waals surface area contributed by atoms with Gasteiger partial charge in [0, 0.05) is 34.0 Å². The smallest absolute Gasteiger partial charge is 0.219 e. The zero-order valence-corrected chi connectivity index (χ0v) is 22.6. The Hall–Kier alpha value is -4.38. The summed E-state index contributed by atoms with van der Waals surface area (Å²) in [6.45, 7) is 12.8. The number of hydrogen-bond donors (Lipinski definition) is 1. The van der Waals surface area contributed by atoms with Crippen LogP contribution in [0.4, 0.5) is 0 Å². The van der Waals surface area contributed by atoms with E-state index in [9.17, 15) is 5.11 Å². The number of aromatic hydroxyl groups is 1. The molecule has 0 unspecified atom stereocenters. The molecule has 0 aliphatic rings. The second-order valence-electron chi connectivity index (χ2n) is 11.2. The molecule has 0 aliphatic heterocycles. The summed E-state index contributed by atoms with van der Waals surface area (Å²) in [4.78, 5) is 9.55. The summed E-state index contributed by atoms with van der Waals surface area (Å²) in [5.41, 5.74) is 6.83. The topological polar surface area (TPSA) is 60.2 Å². The highest BCUT2D eigenvalue weighted by Crippen LogP contribution is 2.42. The van der Waals surface area contributed by atoms with E-state index in [-0.39, 0.29) is 11.2 Å². The van der Waals surface area contributed by atoms with Gasteiger partial charge in [-0.05, 0) is 85.3 Å². The normalized spacial score (nSPS) is 12.1. The van der Waals surface area contributed by atoms with Gasteiger partial charge < -0.3 is 9.84 Å². The molecule has 5 nitrogen and oxygen atoms in total. The Morgan fingerprint density at radius 1 is 0.789 bits per heavy atom. The van der Waals surface area contributed by atoms with Crippen LogP contribution in [-0.2, 0) is 5.41 Å². The Morgan fingerprint density at radius 2 is 1.55 bits per heavy atom. The van der Waals surface area contributed by atoms with Gasteiger partial charge >= 0.3 is 0 Å². The van der Waals surface area contributed by atoms with Gasteiger partial charge in [0.1, 0.15) is 22.8 Å². The average Bonchev–Trinajstić information content (AvgIpc) is 3.17. The van der Waals surface area contributed by atoms with Crippen molar-refractivity contribution in [2.24, 2.45) is 0 Å². The molecule has 0 radical (unpaired) electrons. The van der Waals surface area contributed by atoms with Crippen LogP contribution in [-0.4, -0.2) is 19.6 Å². The lowest BCUT2D eigenvalue weighted by molar-refractivity contribution is 0.458. The molecule has 0 saturated heterocycles.